The summed E-state index contributed by atoms with van der Waals surface area (Å²) in [6, 6.07) is 18.2. The molecule has 150 valence electrons. The second-order valence-electron chi connectivity index (χ2n) is 6.21. The van der Waals surface area contributed by atoms with Gasteiger partial charge in [0.05, 0.1) is 20.9 Å². The second-order valence-corrected chi connectivity index (χ2v) is 9.41. The van der Waals surface area contributed by atoms with Crippen molar-refractivity contribution in [3.63, 3.8) is 0 Å². The Morgan fingerprint density at radius 3 is 2.53 bits per heavy atom. The summed E-state index contributed by atoms with van der Waals surface area (Å²) in [5, 5.41) is 7.41. The van der Waals surface area contributed by atoms with Gasteiger partial charge in [0.15, 0.2) is 5.11 Å². The molecule has 0 aliphatic heterocycles. The number of rotatable bonds is 3. The Labute approximate surface area is 200 Å². The molecule has 0 atom stereocenters. The van der Waals surface area contributed by atoms with E-state index in [9.17, 15) is 4.79 Å². The molecule has 4 nitrogen and oxygen atoms in total. The van der Waals surface area contributed by atoms with Crippen molar-refractivity contribution < 1.29 is 4.79 Å². The molecular weight excluding hydrogens is 525 g/mol. The number of anilines is 1. The second kappa shape index (κ2) is 8.99. The smallest absolute Gasteiger partial charge is 0.257 e. The van der Waals surface area contributed by atoms with Gasteiger partial charge in [-0.1, -0.05) is 51.3 Å². The number of fused-ring (bicyclic) bond motifs is 1. The minimum atomic E-state index is -0.327. The topological polar surface area (TPSA) is 54.0 Å². The van der Waals surface area contributed by atoms with Crippen molar-refractivity contribution >= 4 is 89.6 Å². The predicted octanol–water partition coefficient (Wildman–Crippen LogP) is 7.16. The molecule has 2 N–H and O–H groups in total. The molecule has 9 heteroatoms. The summed E-state index contributed by atoms with van der Waals surface area (Å²) in [5.74, 6) is -0.327. The van der Waals surface area contributed by atoms with Crippen LogP contribution in [-0.4, -0.2) is 16.0 Å². The van der Waals surface area contributed by atoms with E-state index in [1.165, 1.54) is 11.3 Å². The minimum absolute atomic E-state index is 0.120. The molecule has 0 aliphatic rings. The van der Waals surface area contributed by atoms with Crippen LogP contribution in [-0.2, 0) is 0 Å². The van der Waals surface area contributed by atoms with E-state index in [-0.39, 0.29) is 11.0 Å². The fourth-order valence-corrected chi connectivity index (χ4v) is 4.77. The van der Waals surface area contributed by atoms with Gasteiger partial charge in [0, 0.05) is 20.6 Å². The maximum atomic E-state index is 12.4. The number of carbonyl (C=O) groups is 1. The molecule has 1 aromatic heterocycles. The molecule has 4 aromatic rings. The number of carbonyl (C=O) groups excluding carboxylic acids is 1. The number of aromatic nitrogens is 1. The molecule has 1 amide bonds. The Hall–Kier alpha value is -2.03. The van der Waals surface area contributed by atoms with Crippen LogP contribution in [0.5, 0.6) is 0 Å². The summed E-state index contributed by atoms with van der Waals surface area (Å²) >= 11 is 22.9. The lowest BCUT2D eigenvalue weighted by molar-refractivity contribution is 0.0977. The Bertz CT molecular complexity index is 1240. The third kappa shape index (κ3) is 4.66. The number of nitrogens with zero attached hydrogens (tertiary/aromatic N) is 1. The van der Waals surface area contributed by atoms with E-state index in [0.717, 1.165) is 19.7 Å². The van der Waals surface area contributed by atoms with Crippen LogP contribution in [0, 0.1) is 0 Å². The Morgan fingerprint density at radius 2 is 1.80 bits per heavy atom. The number of benzene rings is 3. The number of amides is 1. The van der Waals surface area contributed by atoms with Gasteiger partial charge < -0.3 is 5.32 Å². The van der Waals surface area contributed by atoms with Gasteiger partial charge in [-0.15, -0.1) is 11.3 Å². The molecule has 0 bridgehead atoms. The third-order valence-corrected chi connectivity index (χ3v) is 6.47. The summed E-state index contributed by atoms with van der Waals surface area (Å²) in [6.07, 6.45) is 0. The van der Waals surface area contributed by atoms with Crippen LogP contribution in [0.25, 0.3) is 20.8 Å². The van der Waals surface area contributed by atoms with E-state index in [1.807, 2.05) is 24.3 Å². The van der Waals surface area contributed by atoms with Gasteiger partial charge in [-0.25, -0.2) is 4.98 Å². The van der Waals surface area contributed by atoms with Crippen molar-refractivity contribution in [2.45, 2.75) is 0 Å². The zero-order valence-electron chi connectivity index (χ0n) is 15.1. The maximum Gasteiger partial charge on any atom is 0.257 e. The molecule has 0 unspecified atom stereocenters. The van der Waals surface area contributed by atoms with Crippen LogP contribution in [0.2, 0.25) is 10.0 Å². The first-order chi connectivity index (χ1) is 14.4. The van der Waals surface area contributed by atoms with Gasteiger partial charge in [-0.05, 0) is 60.7 Å². The first-order valence-corrected chi connectivity index (χ1v) is 11.4. The predicted molar refractivity (Wildman–Crippen MR) is 133 cm³/mol. The number of nitrogens with one attached hydrogen (secondary N) is 2. The standard InChI is InChI=1S/C21H12BrCl2N3OS2/c22-12-7-5-11(6-8-12)19(28)27-21(29)26-18-14(9-13(23)10-15(18)24)20-25-16-3-1-2-4-17(16)30-20/h1-10H,(H2,26,27,28,29). The quantitative estimate of drug-likeness (QED) is 0.273. The van der Waals surface area contributed by atoms with Crippen LogP contribution in [0.4, 0.5) is 5.69 Å². The van der Waals surface area contributed by atoms with Crippen molar-refractivity contribution in [1.82, 2.24) is 10.3 Å². The summed E-state index contributed by atoms with van der Waals surface area (Å²) < 4.78 is 1.92. The zero-order valence-corrected chi connectivity index (χ0v) is 19.8. The minimum Gasteiger partial charge on any atom is -0.331 e. The van der Waals surface area contributed by atoms with Crippen LogP contribution >= 0.6 is 62.7 Å². The first kappa shape index (κ1) is 21.2. The van der Waals surface area contributed by atoms with Crippen LogP contribution in [0.1, 0.15) is 10.4 Å². The first-order valence-electron chi connectivity index (χ1n) is 8.63. The van der Waals surface area contributed by atoms with Gasteiger partial charge in [0.1, 0.15) is 5.01 Å². The van der Waals surface area contributed by atoms with Crippen molar-refractivity contribution in [1.29, 1.82) is 0 Å². The van der Waals surface area contributed by atoms with E-state index >= 15 is 0 Å². The summed E-state index contributed by atoms with van der Waals surface area (Å²) in [4.78, 5) is 17.1. The van der Waals surface area contributed by atoms with Crippen molar-refractivity contribution in [3.8, 4) is 10.6 Å². The van der Waals surface area contributed by atoms with E-state index in [2.05, 4.69) is 31.5 Å². The molecule has 0 saturated carbocycles. The van der Waals surface area contributed by atoms with E-state index in [4.69, 9.17) is 35.4 Å². The molecule has 0 spiro atoms. The molecular formula is C21H12BrCl2N3OS2. The lowest BCUT2D eigenvalue weighted by atomic mass is 10.2. The molecule has 0 fully saturated rings. The zero-order chi connectivity index (χ0) is 21.3. The number of thiazole rings is 1. The highest BCUT2D eigenvalue weighted by Gasteiger charge is 2.17. The number of para-hydroxylation sites is 1. The SMILES string of the molecule is O=C(NC(=S)Nc1c(Cl)cc(Cl)cc1-c1nc2ccccc2s1)c1ccc(Br)cc1. The molecule has 0 saturated heterocycles. The van der Waals surface area contributed by atoms with Gasteiger partial charge in [0.25, 0.3) is 5.91 Å². The molecule has 4 rings (SSSR count). The van der Waals surface area contributed by atoms with Crippen LogP contribution < -0.4 is 10.6 Å². The molecule has 3 aromatic carbocycles. The van der Waals surface area contributed by atoms with E-state index in [0.29, 0.717) is 26.9 Å². The highest BCUT2D eigenvalue weighted by molar-refractivity contribution is 9.10. The number of halogens is 3. The Balaban J connectivity index is 1.63. The van der Waals surface area contributed by atoms with Crippen LogP contribution in [0.15, 0.2) is 65.1 Å². The highest BCUT2D eigenvalue weighted by atomic mass is 79.9. The molecule has 0 radical (unpaired) electrons. The van der Waals surface area contributed by atoms with Crippen molar-refractivity contribution in [2.24, 2.45) is 0 Å². The number of hydrogen-bond acceptors (Lipinski definition) is 4. The lowest BCUT2D eigenvalue weighted by Gasteiger charge is -2.14. The summed E-state index contributed by atoms with van der Waals surface area (Å²) in [6.45, 7) is 0. The molecule has 0 aliphatic carbocycles. The molecule has 1 heterocycles. The Morgan fingerprint density at radius 1 is 1.07 bits per heavy atom. The maximum absolute atomic E-state index is 12.4. The van der Waals surface area contributed by atoms with Gasteiger partial charge in [0.2, 0.25) is 0 Å². The largest absolute Gasteiger partial charge is 0.331 e. The third-order valence-electron chi connectivity index (χ3n) is 4.15. The van der Waals surface area contributed by atoms with Gasteiger partial charge >= 0.3 is 0 Å². The fourth-order valence-electron chi connectivity index (χ4n) is 2.78. The monoisotopic (exact) mass is 535 g/mol. The average molecular weight is 537 g/mol. The lowest BCUT2D eigenvalue weighted by Crippen LogP contribution is -2.34. The fraction of sp³-hybridized carbons (Fsp3) is 0. The average Bonchev–Trinajstić information content (AvgIpc) is 3.14. The summed E-state index contributed by atoms with van der Waals surface area (Å²) in [7, 11) is 0. The number of hydrogen-bond donors (Lipinski definition) is 2. The molecule has 30 heavy (non-hydrogen) atoms. The summed E-state index contributed by atoms with van der Waals surface area (Å²) in [5.41, 5.74) is 2.59. The normalized spacial score (nSPS) is 10.8. The van der Waals surface area contributed by atoms with Crippen molar-refractivity contribution in [2.75, 3.05) is 5.32 Å². The number of thiocarbonyl (C=S) groups is 1. The Kier molecular flexibility index (Phi) is 6.36. The van der Waals surface area contributed by atoms with E-state index < -0.39 is 0 Å². The van der Waals surface area contributed by atoms with Crippen molar-refractivity contribution in [3.05, 3.63) is 80.7 Å². The van der Waals surface area contributed by atoms with E-state index in [1.54, 1.807) is 36.4 Å². The van der Waals surface area contributed by atoms with Crippen LogP contribution in [0.3, 0.4) is 0 Å². The van der Waals surface area contributed by atoms with Gasteiger partial charge in [-0.3, -0.25) is 10.1 Å². The highest BCUT2D eigenvalue weighted by Crippen LogP contribution is 2.40. The van der Waals surface area contributed by atoms with Gasteiger partial charge in [-0.2, -0.15) is 0 Å².